The van der Waals surface area contributed by atoms with E-state index in [4.69, 9.17) is 0 Å². The summed E-state index contributed by atoms with van der Waals surface area (Å²) in [6, 6.07) is 18.9. The van der Waals surface area contributed by atoms with E-state index in [1.54, 1.807) is 11.3 Å². The quantitative estimate of drug-likeness (QED) is 0.493. The Bertz CT molecular complexity index is 1030. The van der Waals surface area contributed by atoms with Gasteiger partial charge in [-0.25, -0.2) is 9.97 Å². The Kier molecular flexibility index (Phi) is 3.98. The lowest BCUT2D eigenvalue weighted by molar-refractivity contribution is 1.10. The first-order valence-electron chi connectivity index (χ1n) is 8.28. The number of thiophene rings is 1. The molecule has 0 radical (unpaired) electrons. The number of hydrogen-bond donors (Lipinski definition) is 1. The van der Waals surface area contributed by atoms with Gasteiger partial charge in [0.25, 0.3) is 0 Å². The average Bonchev–Trinajstić information content (AvgIpc) is 3.03. The zero-order valence-corrected chi connectivity index (χ0v) is 15.3. The van der Waals surface area contributed by atoms with Crippen LogP contribution in [0, 0.1) is 20.8 Å². The van der Waals surface area contributed by atoms with E-state index in [1.165, 1.54) is 21.6 Å². The van der Waals surface area contributed by atoms with Crippen molar-refractivity contribution in [2.75, 3.05) is 5.32 Å². The molecule has 0 aliphatic carbocycles. The summed E-state index contributed by atoms with van der Waals surface area (Å²) in [5.74, 6) is 1.65. The smallest absolute Gasteiger partial charge is 0.142 e. The molecule has 0 spiro atoms. The van der Waals surface area contributed by atoms with Gasteiger partial charge in [-0.2, -0.15) is 0 Å². The standard InChI is InChI=1S/C21H19N3S/c1-13-8-7-9-14(2)19(13)24-20-17-12-18(16-10-5-4-6-11-16)25-21(17)23-15(3)22-20/h4-12H,1-3H3,(H,22,23,24). The molecule has 25 heavy (non-hydrogen) atoms. The van der Waals surface area contributed by atoms with E-state index in [1.807, 2.05) is 13.0 Å². The van der Waals surface area contributed by atoms with Crippen molar-refractivity contribution in [3.63, 3.8) is 0 Å². The zero-order chi connectivity index (χ0) is 17.4. The molecule has 0 saturated carbocycles. The Hall–Kier alpha value is -2.72. The molecule has 0 saturated heterocycles. The summed E-state index contributed by atoms with van der Waals surface area (Å²) in [5, 5.41) is 4.61. The lowest BCUT2D eigenvalue weighted by Crippen LogP contribution is -2.00. The fraction of sp³-hybridized carbons (Fsp3) is 0.143. The Morgan fingerprint density at radius 3 is 2.28 bits per heavy atom. The van der Waals surface area contributed by atoms with Gasteiger partial charge >= 0.3 is 0 Å². The summed E-state index contributed by atoms with van der Waals surface area (Å²) in [6.45, 7) is 6.17. The van der Waals surface area contributed by atoms with E-state index in [2.05, 4.69) is 77.7 Å². The van der Waals surface area contributed by atoms with E-state index in [9.17, 15) is 0 Å². The number of nitrogens with zero attached hydrogens (tertiary/aromatic N) is 2. The Balaban J connectivity index is 1.85. The predicted molar refractivity (Wildman–Crippen MR) is 107 cm³/mol. The second-order valence-electron chi connectivity index (χ2n) is 6.21. The van der Waals surface area contributed by atoms with Gasteiger partial charge in [0.05, 0.1) is 5.39 Å². The predicted octanol–water partition coefficient (Wildman–Crippen LogP) is 6.03. The SMILES string of the molecule is Cc1nc(Nc2c(C)cccc2C)c2cc(-c3ccccc3)sc2n1. The third kappa shape index (κ3) is 3.01. The maximum Gasteiger partial charge on any atom is 0.142 e. The normalized spacial score (nSPS) is 11.0. The highest BCUT2D eigenvalue weighted by Crippen LogP contribution is 2.36. The van der Waals surface area contributed by atoms with Crippen LogP contribution in [0.3, 0.4) is 0 Å². The van der Waals surface area contributed by atoms with E-state index in [0.717, 1.165) is 27.5 Å². The number of aryl methyl sites for hydroxylation is 3. The molecule has 2 aromatic carbocycles. The molecule has 0 fully saturated rings. The lowest BCUT2D eigenvalue weighted by Gasteiger charge is -2.13. The van der Waals surface area contributed by atoms with Gasteiger partial charge in [0.2, 0.25) is 0 Å². The van der Waals surface area contributed by atoms with Crippen LogP contribution in [-0.4, -0.2) is 9.97 Å². The summed E-state index contributed by atoms with van der Waals surface area (Å²) >= 11 is 1.71. The summed E-state index contributed by atoms with van der Waals surface area (Å²) in [4.78, 5) is 11.5. The molecule has 0 aliphatic heterocycles. The fourth-order valence-electron chi connectivity index (χ4n) is 3.00. The van der Waals surface area contributed by atoms with Crippen LogP contribution in [-0.2, 0) is 0 Å². The number of anilines is 2. The maximum atomic E-state index is 4.67. The van der Waals surface area contributed by atoms with Crippen molar-refractivity contribution in [1.82, 2.24) is 9.97 Å². The van der Waals surface area contributed by atoms with Gasteiger partial charge in [0.1, 0.15) is 16.5 Å². The van der Waals surface area contributed by atoms with Gasteiger partial charge < -0.3 is 5.32 Å². The molecule has 124 valence electrons. The molecular weight excluding hydrogens is 326 g/mol. The van der Waals surface area contributed by atoms with E-state index >= 15 is 0 Å². The van der Waals surface area contributed by atoms with Crippen LogP contribution in [0.4, 0.5) is 11.5 Å². The minimum absolute atomic E-state index is 0.780. The van der Waals surface area contributed by atoms with Crippen LogP contribution in [0.1, 0.15) is 17.0 Å². The van der Waals surface area contributed by atoms with Crippen LogP contribution in [0.5, 0.6) is 0 Å². The molecule has 4 aromatic rings. The second kappa shape index (κ2) is 6.30. The molecule has 0 aliphatic rings. The number of hydrogen-bond acceptors (Lipinski definition) is 4. The molecule has 0 unspecified atom stereocenters. The van der Waals surface area contributed by atoms with Gasteiger partial charge in [0.15, 0.2) is 0 Å². The van der Waals surface area contributed by atoms with E-state index in [-0.39, 0.29) is 0 Å². The lowest BCUT2D eigenvalue weighted by atomic mass is 10.1. The number of rotatable bonds is 3. The van der Waals surface area contributed by atoms with Crippen molar-refractivity contribution in [1.29, 1.82) is 0 Å². The van der Waals surface area contributed by atoms with Crippen LogP contribution in [0.2, 0.25) is 0 Å². The van der Waals surface area contributed by atoms with Gasteiger partial charge in [-0.15, -0.1) is 11.3 Å². The monoisotopic (exact) mass is 345 g/mol. The fourth-order valence-corrected chi connectivity index (χ4v) is 4.08. The van der Waals surface area contributed by atoms with Crippen LogP contribution in [0.15, 0.2) is 54.6 Å². The van der Waals surface area contributed by atoms with Gasteiger partial charge in [-0.05, 0) is 43.5 Å². The molecule has 3 nitrogen and oxygen atoms in total. The molecule has 1 N–H and O–H groups in total. The van der Waals surface area contributed by atoms with Crippen LogP contribution < -0.4 is 5.32 Å². The number of nitrogens with one attached hydrogen (secondary N) is 1. The van der Waals surface area contributed by atoms with Crippen LogP contribution >= 0.6 is 11.3 Å². The molecular formula is C21H19N3S. The number of fused-ring (bicyclic) bond motifs is 1. The minimum atomic E-state index is 0.780. The molecule has 0 atom stereocenters. The number of benzene rings is 2. The van der Waals surface area contributed by atoms with Gasteiger partial charge in [-0.3, -0.25) is 0 Å². The Morgan fingerprint density at radius 1 is 0.840 bits per heavy atom. The number of para-hydroxylation sites is 1. The average molecular weight is 345 g/mol. The zero-order valence-electron chi connectivity index (χ0n) is 14.5. The van der Waals surface area contributed by atoms with Gasteiger partial charge in [-0.1, -0.05) is 48.5 Å². The third-order valence-corrected chi connectivity index (χ3v) is 5.37. The maximum absolute atomic E-state index is 4.67. The highest BCUT2D eigenvalue weighted by atomic mass is 32.1. The highest BCUT2D eigenvalue weighted by Gasteiger charge is 2.13. The minimum Gasteiger partial charge on any atom is -0.339 e. The van der Waals surface area contributed by atoms with E-state index in [0.29, 0.717) is 0 Å². The summed E-state index contributed by atoms with van der Waals surface area (Å²) in [6.07, 6.45) is 0. The first-order valence-corrected chi connectivity index (χ1v) is 9.10. The molecule has 0 amide bonds. The largest absolute Gasteiger partial charge is 0.339 e. The Morgan fingerprint density at radius 2 is 1.56 bits per heavy atom. The molecule has 0 bridgehead atoms. The van der Waals surface area contributed by atoms with Crippen molar-refractivity contribution in [3.8, 4) is 10.4 Å². The van der Waals surface area contributed by atoms with Gasteiger partial charge in [0, 0.05) is 10.6 Å². The Labute approximate surface area is 151 Å². The molecule has 4 heteroatoms. The van der Waals surface area contributed by atoms with Crippen molar-refractivity contribution in [2.45, 2.75) is 20.8 Å². The summed E-state index contributed by atoms with van der Waals surface area (Å²) < 4.78 is 0. The second-order valence-corrected chi connectivity index (χ2v) is 7.24. The van der Waals surface area contributed by atoms with E-state index < -0.39 is 0 Å². The molecule has 2 heterocycles. The first-order chi connectivity index (χ1) is 12.1. The molecule has 4 rings (SSSR count). The van der Waals surface area contributed by atoms with Crippen molar-refractivity contribution in [2.24, 2.45) is 0 Å². The topological polar surface area (TPSA) is 37.8 Å². The third-order valence-electron chi connectivity index (χ3n) is 4.29. The van der Waals surface area contributed by atoms with Crippen molar-refractivity contribution < 1.29 is 0 Å². The first kappa shape index (κ1) is 15.8. The summed E-state index contributed by atoms with van der Waals surface area (Å²) in [5.41, 5.74) is 4.75. The van der Waals surface area contributed by atoms with Crippen LogP contribution in [0.25, 0.3) is 20.7 Å². The summed E-state index contributed by atoms with van der Waals surface area (Å²) in [7, 11) is 0. The van der Waals surface area contributed by atoms with Crippen molar-refractivity contribution >= 4 is 33.1 Å². The highest BCUT2D eigenvalue weighted by molar-refractivity contribution is 7.21. The van der Waals surface area contributed by atoms with Crippen molar-refractivity contribution in [3.05, 3.63) is 71.5 Å². The molecule has 2 aromatic heterocycles. The number of aromatic nitrogens is 2.